The predicted octanol–water partition coefficient (Wildman–Crippen LogP) is 4.11. The fourth-order valence-electron chi connectivity index (χ4n) is 4.10. The van der Waals surface area contributed by atoms with E-state index in [9.17, 15) is 24.2 Å². The minimum absolute atomic E-state index is 0.0863. The molecule has 0 atom stereocenters. The summed E-state index contributed by atoms with van der Waals surface area (Å²) in [5.41, 5.74) is -2.65. The third-order valence-corrected chi connectivity index (χ3v) is 5.59. The summed E-state index contributed by atoms with van der Waals surface area (Å²) in [4.78, 5) is 25.7. The van der Waals surface area contributed by atoms with Gasteiger partial charge in [-0.2, -0.15) is 0 Å². The van der Waals surface area contributed by atoms with Crippen LogP contribution in [-0.4, -0.2) is 33.8 Å². The normalized spacial score (nSPS) is 14.3. The zero-order valence-corrected chi connectivity index (χ0v) is 16.6. The molecule has 4 rings (SSSR count). The van der Waals surface area contributed by atoms with Crippen molar-refractivity contribution in [3.8, 4) is 11.4 Å². The SMILES string of the molecule is Cc1cc(O)ccc1-n1cc(C(=O)O)c(=O)c2c(F)c(F)c(N3CCCCC3)c(F)c21. The predicted molar refractivity (Wildman–Crippen MR) is 109 cm³/mol. The van der Waals surface area contributed by atoms with Crippen molar-refractivity contribution in [2.75, 3.05) is 18.0 Å². The van der Waals surface area contributed by atoms with E-state index in [1.807, 2.05) is 0 Å². The molecule has 0 spiro atoms. The van der Waals surface area contributed by atoms with E-state index in [1.165, 1.54) is 23.1 Å². The maximum Gasteiger partial charge on any atom is 0.341 e. The summed E-state index contributed by atoms with van der Waals surface area (Å²) < 4.78 is 46.9. The number of hydrogen-bond acceptors (Lipinski definition) is 4. The average molecular weight is 432 g/mol. The molecule has 31 heavy (non-hydrogen) atoms. The lowest BCUT2D eigenvalue weighted by molar-refractivity contribution is 0.0695. The summed E-state index contributed by atoms with van der Waals surface area (Å²) in [6.07, 6.45) is 3.14. The highest BCUT2D eigenvalue weighted by Crippen LogP contribution is 2.35. The summed E-state index contributed by atoms with van der Waals surface area (Å²) in [7, 11) is 0. The second-order valence-corrected chi connectivity index (χ2v) is 7.58. The lowest BCUT2D eigenvalue weighted by Gasteiger charge is -2.30. The third-order valence-electron chi connectivity index (χ3n) is 5.59. The van der Waals surface area contributed by atoms with E-state index < -0.39 is 51.0 Å². The number of aromatic nitrogens is 1. The summed E-state index contributed by atoms with van der Waals surface area (Å²) >= 11 is 0. The number of hydrogen-bond donors (Lipinski definition) is 2. The van der Waals surface area contributed by atoms with Crippen LogP contribution in [0.15, 0.2) is 29.2 Å². The number of fused-ring (bicyclic) bond motifs is 1. The van der Waals surface area contributed by atoms with Crippen molar-refractivity contribution in [3.05, 3.63) is 63.2 Å². The van der Waals surface area contributed by atoms with Crippen molar-refractivity contribution in [3.63, 3.8) is 0 Å². The number of aromatic hydroxyl groups is 1. The Morgan fingerprint density at radius 3 is 2.32 bits per heavy atom. The van der Waals surface area contributed by atoms with Crippen molar-refractivity contribution < 1.29 is 28.2 Å². The van der Waals surface area contributed by atoms with Crippen molar-refractivity contribution in [2.24, 2.45) is 0 Å². The number of halogens is 3. The second-order valence-electron chi connectivity index (χ2n) is 7.58. The number of aromatic carboxylic acids is 1. The van der Waals surface area contributed by atoms with E-state index in [0.29, 0.717) is 31.5 Å². The third kappa shape index (κ3) is 3.30. The first kappa shape index (κ1) is 20.8. The van der Waals surface area contributed by atoms with Crippen LogP contribution in [0.4, 0.5) is 18.9 Å². The summed E-state index contributed by atoms with van der Waals surface area (Å²) in [5, 5.41) is 18.1. The molecular formula is C22H19F3N2O4. The molecule has 6 nitrogen and oxygen atoms in total. The number of phenolic OH excluding ortho intramolecular Hbond substituents is 1. The van der Waals surface area contributed by atoms with E-state index in [-0.39, 0.29) is 11.4 Å². The number of benzene rings is 2. The Balaban J connectivity index is 2.18. The number of rotatable bonds is 3. The van der Waals surface area contributed by atoms with Crippen molar-refractivity contribution in [1.29, 1.82) is 0 Å². The van der Waals surface area contributed by atoms with Crippen LogP contribution in [0.1, 0.15) is 35.2 Å². The number of carboxylic acids is 1. The number of aryl methyl sites for hydroxylation is 1. The van der Waals surface area contributed by atoms with Gasteiger partial charge in [0.25, 0.3) is 0 Å². The molecule has 1 fully saturated rings. The monoisotopic (exact) mass is 432 g/mol. The molecule has 1 aromatic heterocycles. The molecule has 0 saturated carbocycles. The average Bonchev–Trinajstić information content (AvgIpc) is 2.73. The fraction of sp³-hybridized carbons (Fsp3) is 0.273. The largest absolute Gasteiger partial charge is 0.508 e. The van der Waals surface area contributed by atoms with E-state index in [2.05, 4.69) is 0 Å². The fourth-order valence-corrected chi connectivity index (χ4v) is 4.10. The Bertz CT molecular complexity index is 1280. The van der Waals surface area contributed by atoms with Gasteiger partial charge in [-0.15, -0.1) is 0 Å². The standard InChI is InChI=1S/C22H19F3N2O4/c1-11-9-12(28)5-6-14(11)27-10-13(22(30)31)21(29)15-16(23)17(24)20(18(25)19(15)27)26-7-3-2-4-8-26/h5-6,9-10,28H,2-4,7-8H2,1H3,(H,30,31). The molecule has 0 amide bonds. The molecule has 1 aliphatic heterocycles. The van der Waals surface area contributed by atoms with Crippen molar-refractivity contribution in [2.45, 2.75) is 26.2 Å². The number of piperidine rings is 1. The zero-order chi connectivity index (χ0) is 22.4. The number of carbonyl (C=O) groups is 1. The number of carboxylic acid groups (broad SMARTS) is 1. The number of pyridine rings is 1. The molecular weight excluding hydrogens is 413 g/mol. The molecule has 1 saturated heterocycles. The van der Waals surface area contributed by atoms with Crippen LogP contribution >= 0.6 is 0 Å². The van der Waals surface area contributed by atoms with Gasteiger partial charge in [0, 0.05) is 25.0 Å². The molecule has 2 heterocycles. The maximum atomic E-state index is 15.8. The molecule has 0 bridgehead atoms. The van der Waals surface area contributed by atoms with E-state index in [0.717, 1.165) is 17.2 Å². The van der Waals surface area contributed by atoms with Gasteiger partial charge in [0.15, 0.2) is 17.5 Å². The van der Waals surface area contributed by atoms with Gasteiger partial charge in [-0.1, -0.05) is 0 Å². The van der Waals surface area contributed by atoms with E-state index in [4.69, 9.17) is 0 Å². The van der Waals surface area contributed by atoms with Gasteiger partial charge in [0.1, 0.15) is 17.0 Å². The van der Waals surface area contributed by atoms with Crippen molar-refractivity contribution >= 4 is 22.6 Å². The molecule has 9 heteroatoms. The van der Waals surface area contributed by atoms with Gasteiger partial charge in [-0.3, -0.25) is 4.79 Å². The second kappa shape index (κ2) is 7.64. The molecule has 0 unspecified atom stereocenters. The first-order chi connectivity index (χ1) is 14.7. The number of phenols is 1. The molecule has 3 aromatic rings. The molecule has 162 valence electrons. The van der Waals surface area contributed by atoms with Gasteiger partial charge in [-0.05, 0) is 49.9 Å². The molecule has 2 N–H and O–H groups in total. The van der Waals surface area contributed by atoms with Crippen LogP contribution in [0.3, 0.4) is 0 Å². The van der Waals surface area contributed by atoms with Gasteiger partial charge in [-0.25, -0.2) is 18.0 Å². The van der Waals surface area contributed by atoms with Crippen molar-refractivity contribution in [1.82, 2.24) is 4.57 Å². The van der Waals surface area contributed by atoms with Crippen LogP contribution in [0.5, 0.6) is 5.75 Å². The number of anilines is 1. The van der Waals surface area contributed by atoms with Crippen LogP contribution in [-0.2, 0) is 0 Å². The topological polar surface area (TPSA) is 82.8 Å². The highest BCUT2D eigenvalue weighted by Gasteiger charge is 2.30. The summed E-state index contributed by atoms with van der Waals surface area (Å²) in [6.45, 7) is 2.23. The molecule has 1 aliphatic rings. The van der Waals surface area contributed by atoms with Crippen LogP contribution in [0.25, 0.3) is 16.6 Å². The first-order valence-electron chi connectivity index (χ1n) is 9.76. The Hall–Kier alpha value is -3.49. The smallest absolute Gasteiger partial charge is 0.341 e. The molecule has 0 radical (unpaired) electrons. The van der Waals surface area contributed by atoms with E-state index in [1.54, 1.807) is 6.92 Å². The van der Waals surface area contributed by atoms with Gasteiger partial charge >= 0.3 is 5.97 Å². The number of nitrogens with zero attached hydrogens (tertiary/aromatic N) is 2. The molecule has 2 aromatic carbocycles. The minimum Gasteiger partial charge on any atom is -0.508 e. The Morgan fingerprint density at radius 1 is 1.03 bits per heavy atom. The van der Waals surface area contributed by atoms with Gasteiger partial charge in [0.2, 0.25) is 5.43 Å². The highest BCUT2D eigenvalue weighted by atomic mass is 19.2. The van der Waals surface area contributed by atoms with Gasteiger partial charge in [0.05, 0.1) is 10.9 Å². The Labute approximate surface area is 174 Å². The van der Waals surface area contributed by atoms with Crippen LogP contribution < -0.4 is 10.3 Å². The van der Waals surface area contributed by atoms with Gasteiger partial charge < -0.3 is 19.7 Å². The maximum absolute atomic E-state index is 15.8. The Kier molecular flexibility index (Phi) is 5.12. The first-order valence-corrected chi connectivity index (χ1v) is 9.76. The minimum atomic E-state index is -1.66. The van der Waals surface area contributed by atoms with E-state index >= 15 is 8.78 Å². The highest BCUT2D eigenvalue weighted by molar-refractivity contribution is 5.95. The zero-order valence-electron chi connectivity index (χ0n) is 16.6. The lowest BCUT2D eigenvalue weighted by Crippen LogP contribution is -2.32. The lowest BCUT2D eigenvalue weighted by atomic mass is 10.0. The quantitative estimate of drug-likeness (QED) is 0.609. The summed E-state index contributed by atoms with van der Waals surface area (Å²) in [6, 6.07) is 4.01. The summed E-state index contributed by atoms with van der Waals surface area (Å²) in [5.74, 6) is -5.98. The van der Waals surface area contributed by atoms with Crippen LogP contribution in [0.2, 0.25) is 0 Å². The van der Waals surface area contributed by atoms with Crippen LogP contribution in [0, 0.1) is 24.4 Å². The Morgan fingerprint density at radius 2 is 1.71 bits per heavy atom. The molecule has 0 aliphatic carbocycles.